The zero-order valence-electron chi connectivity index (χ0n) is 10.0. The van der Waals surface area contributed by atoms with E-state index in [0.717, 1.165) is 4.47 Å². The molecule has 96 valence electrons. The van der Waals surface area contributed by atoms with Crippen LogP contribution in [0.5, 0.6) is 0 Å². The Labute approximate surface area is 114 Å². The van der Waals surface area contributed by atoms with Gasteiger partial charge in [-0.2, -0.15) is 0 Å². The van der Waals surface area contributed by atoms with Crippen LogP contribution in [0.25, 0.3) is 0 Å². The van der Waals surface area contributed by atoms with Crippen LogP contribution < -0.4 is 0 Å². The fraction of sp³-hybridized carbons (Fsp3) is 0.385. The predicted octanol–water partition coefficient (Wildman–Crippen LogP) is 2.39. The lowest BCUT2D eigenvalue weighted by Gasteiger charge is -2.20. The van der Waals surface area contributed by atoms with Crippen molar-refractivity contribution in [1.29, 1.82) is 0 Å². The van der Waals surface area contributed by atoms with Crippen LogP contribution in [0.1, 0.15) is 23.7 Å². The van der Waals surface area contributed by atoms with Gasteiger partial charge in [-0.15, -0.1) is 0 Å². The summed E-state index contributed by atoms with van der Waals surface area (Å²) in [6.07, 6.45) is 0.502. The Hall–Kier alpha value is -1.36. The number of likely N-dealkylation sites (tertiary alicyclic amines) is 1. The molecule has 1 aromatic carbocycles. The van der Waals surface area contributed by atoms with Crippen LogP contribution in [0.15, 0.2) is 28.7 Å². The molecular weight excluding hydrogens is 298 g/mol. The summed E-state index contributed by atoms with van der Waals surface area (Å²) in [7, 11) is 0. The van der Waals surface area contributed by atoms with Gasteiger partial charge in [0.25, 0.3) is 5.91 Å². The summed E-state index contributed by atoms with van der Waals surface area (Å²) in [5.41, 5.74) is -0.235. The molecule has 0 aromatic heterocycles. The third-order valence-corrected chi connectivity index (χ3v) is 3.84. The van der Waals surface area contributed by atoms with E-state index in [4.69, 9.17) is 5.11 Å². The zero-order chi connectivity index (χ0) is 13.3. The first-order valence-electron chi connectivity index (χ1n) is 5.71. The highest BCUT2D eigenvalue weighted by molar-refractivity contribution is 9.10. The number of carboxylic acid groups (broad SMARTS) is 1. The van der Waals surface area contributed by atoms with Crippen molar-refractivity contribution < 1.29 is 14.7 Å². The molecule has 1 aliphatic heterocycles. The quantitative estimate of drug-likeness (QED) is 0.912. The Morgan fingerprint density at radius 1 is 1.44 bits per heavy atom. The number of aliphatic carboxylic acids is 1. The number of benzene rings is 1. The smallest absolute Gasteiger partial charge is 0.311 e. The van der Waals surface area contributed by atoms with Crippen LogP contribution in [0.3, 0.4) is 0 Å². The first kappa shape index (κ1) is 13.1. The van der Waals surface area contributed by atoms with Crippen molar-refractivity contribution >= 4 is 27.8 Å². The van der Waals surface area contributed by atoms with Crippen molar-refractivity contribution in [2.75, 3.05) is 13.1 Å². The Balaban J connectivity index is 2.15. The third kappa shape index (κ3) is 2.41. The molecule has 0 aliphatic carbocycles. The van der Waals surface area contributed by atoms with E-state index in [2.05, 4.69) is 15.9 Å². The van der Waals surface area contributed by atoms with E-state index in [1.54, 1.807) is 30.0 Å². The highest BCUT2D eigenvalue weighted by Crippen LogP contribution is 2.31. The number of hydrogen-bond donors (Lipinski definition) is 1. The van der Waals surface area contributed by atoms with Crippen LogP contribution >= 0.6 is 15.9 Å². The topological polar surface area (TPSA) is 57.6 Å². The average molecular weight is 312 g/mol. The first-order valence-corrected chi connectivity index (χ1v) is 6.50. The Bertz CT molecular complexity index is 503. The van der Waals surface area contributed by atoms with Crippen LogP contribution in [-0.2, 0) is 4.79 Å². The third-order valence-electron chi connectivity index (χ3n) is 3.35. The summed E-state index contributed by atoms with van der Waals surface area (Å²) in [5.74, 6) is -0.951. The van der Waals surface area contributed by atoms with Gasteiger partial charge in [-0.1, -0.05) is 22.0 Å². The monoisotopic (exact) mass is 311 g/mol. The van der Waals surface area contributed by atoms with E-state index >= 15 is 0 Å². The van der Waals surface area contributed by atoms with Crippen molar-refractivity contribution in [3.63, 3.8) is 0 Å². The molecule has 1 fully saturated rings. The summed E-state index contributed by atoms with van der Waals surface area (Å²) < 4.78 is 0.841. The molecule has 1 atom stereocenters. The number of amides is 1. The van der Waals surface area contributed by atoms with Crippen LogP contribution in [-0.4, -0.2) is 35.0 Å². The van der Waals surface area contributed by atoms with Gasteiger partial charge >= 0.3 is 5.97 Å². The van der Waals surface area contributed by atoms with Gasteiger partial charge in [0.1, 0.15) is 0 Å². The molecule has 1 aromatic rings. The number of halogens is 1. The van der Waals surface area contributed by atoms with Crippen LogP contribution in [0, 0.1) is 5.41 Å². The van der Waals surface area contributed by atoms with Gasteiger partial charge in [0, 0.05) is 23.1 Å². The Morgan fingerprint density at radius 2 is 2.17 bits per heavy atom. The minimum Gasteiger partial charge on any atom is -0.481 e. The van der Waals surface area contributed by atoms with E-state index in [0.29, 0.717) is 18.5 Å². The maximum atomic E-state index is 12.2. The lowest BCUT2D eigenvalue weighted by molar-refractivity contribution is -0.147. The lowest BCUT2D eigenvalue weighted by atomic mass is 9.90. The van der Waals surface area contributed by atoms with E-state index in [-0.39, 0.29) is 12.5 Å². The summed E-state index contributed by atoms with van der Waals surface area (Å²) in [4.78, 5) is 25.0. The molecule has 0 radical (unpaired) electrons. The highest BCUT2D eigenvalue weighted by Gasteiger charge is 2.42. The molecule has 18 heavy (non-hydrogen) atoms. The number of carbonyl (C=O) groups excluding carboxylic acids is 1. The first-order chi connectivity index (χ1) is 8.42. The van der Waals surface area contributed by atoms with Crippen molar-refractivity contribution in [3.8, 4) is 0 Å². The average Bonchev–Trinajstić information content (AvgIpc) is 2.72. The molecular formula is C13H14BrNO3. The lowest BCUT2D eigenvalue weighted by Crippen LogP contribution is -2.34. The minimum absolute atomic E-state index is 0.110. The molecule has 5 heteroatoms. The minimum atomic E-state index is -0.841. The zero-order valence-corrected chi connectivity index (χ0v) is 11.6. The molecule has 4 nitrogen and oxygen atoms in total. The van der Waals surface area contributed by atoms with Crippen molar-refractivity contribution in [2.45, 2.75) is 13.3 Å². The van der Waals surface area contributed by atoms with Gasteiger partial charge < -0.3 is 10.0 Å². The largest absolute Gasteiger partial charge is 0.481 e. The van der Waals surface area contributed by atoms with Gasteiger partial charge in [0.05, 0.1) is 5.41 Å². The van der Waals surface area contributed by atoms with Gasteiger partial charge in [0.2, 0.25) is 0 Å². The number of carboxylic acids is 1. The predicted molar refractivity (Wildman–Crippen MR) is 70.4 cm³/mol. The molecule has 1 saturated heterocycles. The summed E-state index contributed by atoms with van der Waals surface area (Å²) in [6, 6.07) is 7.13. The maximum absolute atomic E-state index is 12.2. The fourth-order valence-corrected chi connectivity index (χ4v) is 2.51. The van der Waals surface area contributed by atoms with Crippen LogP contribution in [0.4, 0.5) is 0 Å². The molecule has 1 heterocycles. The molecule has 0 saturated carbocycles. The SMILES string of the molecule is CC1(C(=O)O)CCN(C(=O)c2cccc(Br)c2)C1. The maximum Gasteiger partial charge on any atom is 0.311 e. The molecule has 0 bridgehead atoms. The normalized spacial score (nSPS) is 23.1. The van der Waals surface area contributed by atoms with Gasteiger partial charge in [-0.05, 0) is 31.5 Å². The molecule has 1 unspecified atom stereocenters. The number of rotatable bonds is 2. The summed E-state index contributed by atoms with van der Waals surface area (Å²) in [6.45, 7) is 2.45. The molecule has 0 spiro atoms. The fourth-order valence-electron chi connectivity index (χ4n) is 2.11. The van der Waals surface area contributed by atoms with E-state index in [9.17, 15) is 9.59 Å². The second kappa shape index (κ2) is 4.72. The standard InChI is InChI=1S/C13H14BrNO3/c1-13(12(17)18)5-6-15(8-13)11(16)9-3-2-4-10(14)7-9/h2-4,7H,5-6,8H2,1H3,(H,17,18). The molecule has 1 N–H and O–H groups in total. The van der Waals surface area contributed by atoms with E-state index in [1.807, 2.05) is 6.07 Å². The van der Waals surface area contributed by atoms with Crippen molar-refractivity contribution in [1.82, 2.24) is 4.90 Å². The molecule has 2 rings (SSSR count). The number of carbonyl (C=O) groups is 2. The number of nitrogens with zero attached hydrogens (tertiary/aromatic N) is 1. The van der Waals surface area contributed by atoms with Gasteiger partial charge in [-0.3, -0.25) is 9.59 Å². The van der Waals surface area contributed by atoms with Gasteiger partial charge in [0.15, 0.2) is 0 Å². The van der Waals surface area contributed by atoms with E-state index < -0.39 is 11.4 Å². The number of hydrogen-bond acceptors (Lipinski definition) is 2. The second-order valence-corrected chi connectivity index (χ2v) is 5.77. The second-order valence-electron chi connectivity index (χ2n) is 4.85. The summed E-state index contributed by atoms with van der Waals surface area (Å²) >= 11 is 3.32. The Kier molecular flexibility index (Phi) is 3.43. The van der Waals surface area contributed by atoms with Crippen molar-refractivity contribution in [3.05, 3.63) is 34.3 Å². The van der Waals surface area contributed by atoms with Gasteiger partial charge in [-0.25, -0.2) is 0 Å². The Morgan fingerprint density at radius 3 is 2.72 bits per heavy atom. The van der Waals surface area contributed by atoms with Crippen LogP contribution in [0.2, 0.25) is 0 Å². The van der Waals surface area contributed by atoms with Crippen molar-refractivity contribution in [2.24, 2.45) is 5.41 Å². The molecule has 1 aliphatic rings. The highest BCUT2D eigenvalue weighted by atomic mass is 79.9. The van der Waals surface area contributed by atoms with E-state index in [1.165, 1.54) is 0 Å². The summed E-state index contributed by atoms with van der Waals surface area (Å²) in [5, 5.41) is 9.14. The molecule has 1 amide bonds.